The molecule has 0 saturated carbocycles. The highest BCUT2D eigenvalue weighted by Gasteiger charge is 2.07. The molecule has 0 aliphatic heterocycles. The van der Waals surface area contributed by atoms with Gasteiger partial charge >= 0.3 is 0 Å². The monoisotopic (exact) mass is 210 g/mol. The summed E-state index contributed by atoms with van der Waals surface area (Å²) in [6, 6.07) is 6.33. The average Bonchev–Trinajstić information content (AvgIpc) is 2.25. The van der Waals surface area contributed by atoms with Crippen molar-refractivity contribution in [3.05, 3.63) is 35.6 Å². The number of nitrogens with two attached hydrogens (primary N) is 1. The van der Waals surface area contributed by atoms with Crippen LogP contribution in [0.4, 0.5) is 4.39 Å². The van der Waals surface area contributed by atoms with Crippen LogP contribution in [0, 0.1) is 5.82 Å². The van der Waals surface area contributed by atoms with Crippen LogP contribution in [0.15, 0.2) is 29.3 Å². The Labute approximate surface area is 88.4 Å². The van der Waals surface area contributed by atoms with E-state index >= 15 is 0 Å². The van der Waals surface area contributed by atoms with Crippen LogP contribution in [0.3, 0.4) is 0 Å². The number of benzene rings is 1. The second-order valence-corrected chi connectivity index (χ2v) is 3.14. The maximum Gasteiger partial charge on any atom is 0.205 e. The smallest absolute Gasteiger partial charge is 0.205 e. The topological polar surface area (TPSA) is 62.4 Å². The van der Waals surface area contributed by atoms with E-state index in [0.717, 1.165) is 5.56 Å². The van der Waals surface area contributed by atoms with Gasteiger partial charge in [0, 0.05) is 7.05 Å². The zero-order chi connectivity index (χ0) is 11.3. The summed E-state index contributed by atoms with van der Waals surface area (Å²) in [7, 11) is 1.61. The van der Waals surface area contributed by atoms with E-state index in [2.05, 4.69) is 15.7 Å². The summed E-state index contributed by atoms with van der Waals surface area (Å²) >= 11 is 0. The Morgan fingerprint density at radius 3 is 2.80 bits per heavy atom. The molecule has 5 heteroatoms. The van der Waals surface area contributed by atoms with Gasteiger partial charge in [-0.25, -0.2) is 10.2 Å². The molecule has 0 aliphatic carbocycles. The Morgan fingerprint density at radius 1 is 1.53 bits per heavy atom. The molecule has 0 amide bonds. The summed E-state index contributed by atoms with van der Waals surface area (Å²) in [5.74, 6) is 5.43. The zero-order valence-electron chi connectivity index (χ0n) is 8.79. The Morgan fingerprint density at radius 2 is 2.27 bits per heavy atom. The average molecular weight is 210 g/mol. The highest BCUT2D eigenvalue weighted by Crippen LogP contribution is 2.12. The quantitative estimate of drug-likeness (QED) is 0.294. The van der Waals surface area contributed by atoms with Crippen molar-refractivity contribution in [3.8, 4) is 0 Å². The number of nitrogens with one attached hydrogen (secondary N) is 2. The van der Waals surface area contributed by atoms with Crippen LogP contribution in [0.5, 0.6) is 0 Å². The fraction of sp³-hybridized carbons (Fsp3) is 0.300. The first-order chi connectivity index (χ1) is 7.17. The summed E-state index contributed by atoms with van der Waals surface area (Å²) in [4.78, 5) is 3.87. The van der Waals surface area contributed by atoms with Crippen molar-refractivity contribution in [2.24, 2.45) is 10.8 Å². The van der Waals surface area contributed by atoms with Crippen molar-refractivity contribution in [1.82, 2.24) is 10.7 Å². The molecular weight excluding hydrogens is 195 g/mol. The first-order valence-corrected chi connectivity index (χ1v) is 4.62. The molecule has 0 aromatic heterocycles. The van der Waals surface area contributed by atoms with Crippen LogP contribution in [0.2, 0.25) is 0 Å². The molecular formula is C10H15FN4. The van der Waals surface area contributed by atoms with E-state index in [1.165, 1.54) is 12.1 Å². The summed E-state index contributed by atoms with van der Waals surface area (Å²) in [6.07, 6.45) is 0. The van der Waals surface area contributed by atoms with Crippen LogP contribution >= 0.6 is 0 Å². The van der Waals surface area contributed by atoms with Gasteiger partial charge < -0.3 is 5.32 Å². The van der Waals surface area contributed by atoms with Crippen LogP contribution in [0.25, 0.3) is 0 Å². The normalized spacial score (nSPS) is 13.5. The second kappa shape index (κ2) is 5.31. The molecule has 0 aliphatic rings. The lowest BCUT2D eigenvalue weighted by Crippen LogP contribution is -2.42. The molecule has 1 aromatic carbocycles. The van der Waals surface area contributed by atoms with Gasteiger partial charge in [0.15, 0.2) is 0 Å². The standard InChI is InChI=1S/C10H15FN4/c1-7(14-10(13-2)15-12)8-4-3-5-9(11)6-8/h3-7H,12H2,1-2H3,(H2,13,14,15). The van der Waals surface area contributed by atoms with Gasteiger partial charge in [-0.05, 0) is 24.6 Å². The Hall–Kier alpha value is -1.62. The first-order valence-electron chi connectivity index (χ1n) is 4.62. The van der Waals surface area contributed by atoms with Gasteiger partial charge in [0.1, 0.15) is 5.82 Å². The molecule has 0 bridgehead atoms. The van der Waals surface area contributed by atoms with Gasteiger partial charge in [0.05, 0.1) is 6.04 Å². The molecule has 82 valence electrons. The van der Waals surface area contributed by atoms with Gasteiger partial charge in [-0.1, -0.05) is 12.1 Å². The highest BCUT2D eigenvalue weighted by molar-refractivity contribution is 5.79. The van der Waals surface area contributed by atoms with Gasteiger partial charge in [-0.15, -0.1) is 0 Å². The third kappa shape index (κ3) is 3.21. The molecule has 0 radical (unpaired) electrons. The van der Waals surface area contributed by atoms with Crippen molar-refractivity contribution in [2.75, 3.05) is 7.05 Å². The minimum atomic E-state index is -0.253. The van der Waals surface area contributed by atoms with Gasteiger partial charge in [0.2, 0.25) is 5.96 Å². The van der Waals surface area contributed by atoms with E-state index in [1.807, 2.05) is 13.0 Å². The number of hydrogen-bond acceptors (Lipinski definition) is 2. The molecule has 15 heavy (non-hydrogen) atoms. The molecule has 0 saturated heterocycles. The number of halogens is 1. The fourth-order valence-electron chi connectivity index (χ4n) is 1.24. The lowest BCUT2D eigenvalue weighted by molar-refractivity contribution is 0.616. The maximum absolute atomic E-state index is 12.9. The van der Waals surface area contributed by atoms with E-state index in [9.17, 15) is 4.39 Å². The molecule has 0 spiro atoms. The molecule has 1 aromatic rings. The predicted molar refractivity (Wildman–Crippen MR) is 58.6 cm³/mol. The van der Waals surface area contributed by atoms with E-state index in [1.54, 1.807) is 13.1 Å². The van der Waals surface area contributed by atoms with Crippen LogP contribution in [-0.4, -0.2) is 13.0 Å². The number of aliphatic imine (C=N–C) groups is 1. The Balaban J connectivity index is 2.72. The van der Waals surface area contributed by atoms with Gasteiger partial charge in [0.25, 0.3) is 0 Å². The van der Waals surface area contributed by atoms with Gasteiger partial charge in [-0.3, -0.25) is 10.4 Å². The van der Waals surface area contributed by atoms with E-state index < -0.39 is 0 Å². The minimum absolute atomic E-state index is 0.0598. The lowest BCUT2D eigenvalue weighted by atomic mass is 10.1. The number of hydrazine groups is 1. The first kappa shape index (κ1) is 11.5. The second-order valence-electron chi connectivity index (χ2n) is 3.14. The zero-order valence-corrected chi connectivity index (χ0v) is 8.79. The number of guanidine groups is 1. The van der Waals surface area contributed by atoms with E-state index in [-0.39, 0.29) is 11.9 Å². The summed E-state index contributed by atoms with van der Waals surface area (Å²) in [5.41, 5.74) is 3.25. The van der Waals surface area contributed by atoms with Crippen molar-refractivity contribution in [3.63, 3.8) is 0 Å². The molecule has 1 atom stereocenters. The predicted octanol–water partition coefficient (Wildman–Crippen LogP) is 0.925. The van der Waals surface area contributed by atoms with E-state index in [4.69, 9.17) is 5.84 Å². The van der Waals surface area contributed by atoms with Crippen LogP contribution in [0.1, 0.15) is 18.5 Å². The number of nitrogens with zero attached hydrogens (tertiary/aromatic N) is 1. The SMILES string of the molecule is CN=C(NN)NC(C)c1cccc(F)c1. The molecule has 4 N–H and O–H groups in total. The highest BCUT2D eigenvalue weighted by atomic mass is 19.1. The maximum atomic E-state index is 12.9. The largest absolute Gasteiger partial charge is 0.349 e. The van der Waals surface area contributed by atoms with Crippen molar-refractivity contribution in [1.29, 1.82) is 0 Å². The van der Waals surface area contributed by atoms with Crippen molar-refractivity contribution in [2.45, 2.75) is 13.0 Å². The minimum Gasteiger partial charge on any atom is -0.349 e. The van der Waals surface area contributed by atoms with Gasteiger partial charge in [-0.2, -0.15) is 0 Å². The van der Waals surface area contributed by atoms with E-state index in [0.29, 0.717) is 5.96 Å². The third-order valence-corrected chi connectivity index (χ3v) is 2.06. The lowest BCUT2D eigenvalue weighted by Gasteiger charge is -2.16. The molecule has 4 nitrogen and oxygen atoms in total. The molecule has 1 rings (SSSR count). The molecule has 0 fully saturated rings. The number of rotatable bonds is 2. The number of hydrogen-bond donors (Lipinski definition) is 3. The summed E-state index contributed by atoms with van der Waals surface area (Å²) < 4.78 is 12.9. The van der Waals surface area contributed by atoms with Crippen LogP contribution < -0.4 is 16.6 Å². The fourth-order valence-corrected chi connectivity index (χ4v) is 1.24. The summed E-state index contributed by atoms with van der Waals surface area (Å²) in [5, 5.41) is 3.01. The van der Waals surface area contributed by atoms with Crippen LogP contribution in [-0.2, 0) is 0 Å². The Bertz CT molecular complexity index is 351. The summed E-state index contributed by atoms with van der Waals surface area (Å²) in [6.45, 7) is 1.90. The Kier molecular flexibility index (Phi) is 4.05. The third-order valence-electron chi connectivity index (χ3n) is 2.06. The van der Waals surface area contributed by atoms with Crippen molar-refractivity contribution < 1.29 is 4.39 Å². The molecule has 0 heterocycles. The molecule has 1 unspecified atom stereocenters. The van der Waals surface area contributed by atoms with Crippen molar-refractivity contribution >= 4 is 5.96 Å².